The third kappa shape index (κ3) is 4.96. The highest BCUT2D eigenvalue weighted by molar-refractivity contribution is 7.21. The molecular weight excluding hydrogens is 464 g/mol. The summed E-state index contributed by atoms with van der Waals surface area (Å²) in [5.41, 5.74) is 4.29. The molecule has 3 heterocycles. The van der Waals surface area contributed by atoms with Crippen molar-refractivity contribution in [2.75, 3.05) is 23.8 Å². The third-order valence-corrected chi connectivity index (χ3v) is 7.41. The SMILES string of the molecule is Cc1cc(Nc2ncc(-c3nc4ccccc4s3)c(NCC3CC(CO)C(O)C3O)n2)cc(C)n1. The number of pyridine rings is 1. The molecule has 35 heavy (non-hydrogen) atoms. The molecule has 3 aromatic heterocycles. The fourth-order valence-corrected chi connectivity index (χ4v) is 5.57. The van der Waals surface area contributed by atoms with Gasteiger partial charge in [-0.1, -0.05) is 12.1 Å². The van der Waals surface area contributed by atoms with Crippen LogP contribution < -0.4 is 10.6 Å². The van der Waals surface area contributed by atoms with Gasteiger partial charge in [-0.15, -0.1) is 11.3 Å². The van der Waals surface area contributed by atoms with Crippen LogP contribution in [-0.2, 0) is 0 Å². The Hall–Kier alpha value is -3.18. The predicted octanol–water partition coefficient (Wildman–Crippen LogP) is 3.27. The summed E-state index contributed by atoms with van der Waals surface area (Å²) < 4.78 is 1.07. The lowest BCUT2D eigenvalue weighted by molar-refractivity contribution is -0.00430. The van der Waals surface area contributed by atoms with E-state index in [0.29, 0.717) is 24.7 Å². The van der Waals surface area contributed by atoms with Crippen LogP contribution in [0.4, 0.5) is 17.5 Å². The van der Waals surface area contributed by atoms with Crippen LogP contribution in [0.2, 0.25) is 0 Å². The number of thiazole rings is 1. The van der Waals surface area contributed by atoms with Gasteiger partial charge in [0, 0.05) is 48.3 Å². The topological polar surface area (TPSA) is 136 Å². The summed E-state index contributed by atoms with van der Waals surface area (Å²) in [6, 6.07) is 11.8. The van der Waals surface area contributed by atoms with Gasteiger partial charge in [-0.3, -0.25) is 4.98 Å². The van der Waals surface area contributed by atoms with Crippen molar-refractivity contribution in [2.45, 2.75) is 32.5 Å². The molecule has 10 heteroatoms. The Kier molecular flexibility index (Phi) is 6.61. The summed E-state index contributed by atoms with van der Waals surface area (Å²) in [5.74, 6) is 0.448. The average Bonchev–Trinajstić information content (AvgIpc) is 3.38. The van der Waals surface area contributed by atoms with E-state index in [0.717, 1.165) is 37.9 Å². The Labute approximate surface area is 207 Å². The summed E-state index contributed by atoms with van der Waals surface area (Å²) in [6.45, 7) is 4.10. The van der Waals surface area contributed by atoms with Crippen LogP contribution >= 0.6 is 11.3 Å². The van der Waals surface area contributed by atoms with Crippen molar-refractivity contribution in [3.63, 3.8) is 0 Å². The molecule has 1 aliphatic rings. The van der Waals surface area contributed by atoms with E-state index in [1.807, 2.05) is 50.2 Å². The number of hydrogen-bond donors (Lipinski definition) is 5. The van der Waals surface area contributed by atoms with Crippen molar-refractivity contribution in [1.82, 2.24) is 19.9 Å². The molecule has 0 spiro atoms. The molecule has 4 aromatic rings. The van der Waals surface area contributed by atoms with E-state index in [9.17, 15) is 15.3 Å². The molecule has 1 fully saturated rings. The van der Waals surface area contributed by atoms with E-state index in [1.54, 1.807) is 17.5 Å². The molecule has 9 nitrogen and oxygen atoms in total. The van der Waals surface area contributed by atoms with Gasteiger partial charge in [0.1, 0.15) is 10.8 Å². The normalized spacial score (nSPS) is 22.0. The first-order valence-corrected chi connectivity index (χ1v) is 12.4. The Balaban J connectivity index is 1.46. The highest BCUT2D eigenvalue weighted by Gasteiger charge is 2.40. The summed E-state index contributed by atoms with van der Waals surface area (Å²) >= 11 is 1.56. The Bertz CT molecular complexity index is 1290. The van der Waals surface area contributed by atoms with Gasteiger partial charge < -0.3 is 26.0 Å². The molecule has 0 amide bonds. The number of aromatic nitrogens is 4. The zero-order valence-electron chi connectivity index (χ0n) is 19.5. The lowest BCUT2D eigenvalue weighted by atomic mass is 10.0. The molecular formula is C25H28N6O3S. The van der Waals surface area contributed by atoms with Crippen LogP contribution in [0.25, 0.3) is 20.8 Å². The van der Waals surface area contributed by atoms with Crippen LogP contribution in [0, 0.1) is 25.7 Å². The maximum absolute atomic E-state index is 10.5. The van der Waals surface area contributed by atoms with Gasteiger partial charge in [0.15, 0.2) is 0 Å². The van der Waals surface area contributed by atoms with Gasteiger partial charge in [0.05, 0.1) is 28.0 Å². The minimum absolute atomic E-state index is 0.155. The molecule has 1 saturated carbocycles. The first kappa shape index (κ1) is 23.6. The minimum Gasteiger partial charge on any atom is -0.396 e. The van der Waals surface area contributed by atoms with Crippen LogP contribution in [0.15, 0.2) is 42.6 Å². The Morgan fingerprint density at radius 1 is 1.00 bits per heavy atom. The lowest BCUT2D eigenvalue weighted by Crippen LogP contribution is -2.31. The molecule has 5 N–H and O–H groups in total. The molecule has 4 unspecified atom stereocenters. The van der Waals surface area contributed by atoms with Crippen molar-refractivity contribution in [2.24, 2.45) is 11.8 Å². The Morgan fingerprint density at radius 3 is 2.46 bits per heavy atom. The first-order chi connectivity index (χ1) is 16.9. The molecule has 0 bridgehead atoms. The van der Waals surface area contributed by atoms with E-state index in [-0.39, 0.29) is 18.4 Å². The lowest BCUT2D eigenvalue weighted by Gasteiger charge is -2.18. The van der Waals surface area contributed by atoms with Gasteiger partial charge in [-0.05, 0) is 44.5 Å². The number of nitrogens with one attached hydrogen (secondary N) is 2. The van der Waals surface area contributed by atoms with Crippen molar-refractivity contribution >= 4 is 39.0 Å². The van der Waals surface area contributed by atoms with Crippen LogP contribution in [0.1, 0.15) is 17.8 Å². The van der Waals surface area contributed by atoms with Crippen molar-refractivity contribution in [3.05, 3.63) is 54.0 Å². The van der Waals surface area contributed by atoms with Gasteiger partial charge in [0.2, 0.25) is 5.95 Å². The van der Waals surface area contributed by atoms with Crippen LogP contribution in [0.3, 0.4) is 0 Å². The summed E-state index contributed by atoms with van der Waals surface area (Å²) in [4.78, 5) is 18.4. The smallest absolute Gasteiger partial charge is 0.229 e. The zero-order chi connectivity index (χ0) is 24.5. The van der Waals surface area contributed by atoms with Crippen molar-refractivity contribution < 1.29 is 15.3 Å². The summed E-state index contributed by atoms with van der Waals surface area (Å²) in [7, 11) is 0. The number of nitrogens with zero attached hydrogens (tertiary/aromatic N) is 4. The quantitative estimate of drug-likeness (QED) is 0.263. The molecule has 0 radical (unpaired) electrons. The average molecular weight is 493 g/mol. The number of hydrogen-bond acceptors (Lipinski definition) is 10. The molecule has 4 atom stereocenters. The minimum atomic E-state index is -0.934. The third-order valence-electron chi connectivity index (χ3n) is 6.34. The Morgan fingerprint density at radius 2 is 1.74 bits per heavy atom. The maximum atomic E-state index is 10.5. The second-order valence-corrected chi connectivity index (χ2v) is 10.0. The molecule has 1 aromatic carbocycles. The summed E-state index contributed by atoms with van der Waals surface area (Å²) in [6.07, 6.45) is 0.421. The molecule has 5 rings (SSSR count). The number of rotatable bonds is 7. The largest absolute Gasteiger partial charge is 0.396 e. The van der Waals surface area contributed by atoms with Gasteiger partial charge in [0.25, 0.3) is 0 Å². The van der Waals surface area contributed by atoms with Gasteiger partial charge >= 0.3 is 0 Å². The number of fused-ring (bicyclic) bond motifs is 1. The molecule has 1 aliphatic carbocycles. The molecule has 182 valence electrons. The van der Waals surface area contributed by atoms with Crippen molar-refractivity contribution in [3.8, 4) is 10.6 Å². The number of aliphatic hydroxyl groups is 3. The molecule has 0 aliphatic heterocycles. The van der Waals surface area contributed by atoms with Crippen molar-refractivity contribution in [1.29, 1.82) is 0 Å². The van der Waals surface area contributed by atoms with E-state index in [4.69, 9.17) is 9.97 Å². The van der Waals surface area contributed by atoms with Crippen LogP contribution in [-0.4, -0.2) is 60.6 Å². The fourth-order valence-electron chi connectivity index (χ4n) is 4.60. The number of anilines is 3. The number of benzene rings is 1. The number of aliphatic hydroxyl groups excluding tert-OH is 3. The number of aryl methyl sites for hydroxylation is 2. The second kappa shape index (κ2) is 9.82. The van der Waals surface area contributed by atoms with Crippen LogP contribution in [0.5, 0.6) is 0 Å². The highest BCUT2D eigenvalue weighted by atomic mass is 32.1. The number of para-hydroxylation sites is 1. The monoisotopic (exact) mass is 492 g/mol. The van der Waals surface area contributed by atoms with Gasteiger partial charge in [-0.2, -0.15) is 4.98 Å². The maximum Gasteiger partial charge on any atom is 0.229 e. The fraction of sp³-hybridized carbons (Fsp3) is 0.360. The highest BCUT2D eigenvalue weighted by Crippen LogP contribution is 2.36. The van der Waals surface area contributed by atoms with E-state index in [1.165, 1.54) is 0 Å². The zero-order valence-corrected chi connectivity index (χ0v) is 20.3. The summed E-state index contributed by atoms with van der Waals surface area (Å²) in [5, 5.41) is 37.6. The van der Waals surface area contributed by atoms with E-state index < -0.39 is 12.2 Å². The predicted molar refractivity (Wildman–Crippen MR) is 137 cm³/mol. The standard InChI is InChI=1S/C25H28N6O3S/c1-13-7-17(8-14(2)28-13)29-25-27-11-18(24-30-19-5-3-4-6-20(19)35-24)23(31-25)26-10-15-9-16(12-32)22(34)21(15)33/h3-8,11,15-16,21-22,32-34H,9-10,12H2,1-2H3,(H2,26,27,28,29,31). The first-order valence-electron chi connectivity index (χ1n) is 11.6. The van der Waals surface area contributed by atoms with Gasteiger partial charge in [-0.25, -0.2) is 9.97 Å². The second-order valence-electron chi connectivity index (χ2n) is 9.01. The van der Waals surface area contributed by atoms with E-state index in [2.05, 4.69) is 20.6 Å². The molecule has 0 saturated heterocycles. The van der Waals surface area contributed by atoms with E-state index >= 15 is 0 Å².